The molecule has 0 saturated heterocycles. The lowest BCUT2D eigenvalue weighted by molar-refractivity contribution is -0.134. The van der Waals surface area contributed by atoms with Crippen LogP contribution in [0, 0.1) is 0 Å². The number of sulfonamides is 1. The molecule has 0 spiro atoms. The van der Waals surface area contributed by atoms with Gasteiger partial charge >= 0.3 is 5.97 Å². The second-order valence-electron chi connectivity index (χ2n) is 1.99. The van der Waals surface area contributed by atoms with Gasteiger partial charge in [0.15, 0.2) is 0 Å². The van der Waals surface area contributed by atoms with Gasteiger partial charge in [0.2, 0.25) is 10.0 Å². The Bertz CT molecular complexity index is 328. The summed E-state index contributed by atoms with van der Waals surface area (Å²) in [6.45, 7) is 2.86. The molecule has 0 aliphatic heterocycles. The fourth-order valence-electron chi connectivity index (χ4n) is 0.327. The van der Waals surface area contributed by atoms with Crippen molar-refractivity contribution < 1.29 is 23.1 Å². The lowest BCUT2D eigenvalue weighted by Crippen LogP contribution is -2.32. The summed E-state index contributed by atoms with van der Waals surface area (Å²) < 4.78 is 22.3. The molecule has 0 bridgehead atoms. The summed E-state index contributed by atoms with van der Waals surface area (Å²) >= 11 is 0. The standard InChI is InChI=1S/C5H7NO5S/c1-3(5(8)9)4(7)6-12(2,10)11/h1H2,2H3,(H,6,7)(H,8,9). The number of carbonyl (C=O) groups excluding carboxylic acids is 1. The van der Waals surface area contributed by atoms with Gasteiger partial charge in [-0.15, -0.1) is 0 Å². The number of nitrogens with one attached hydrogen (secondary N) is 1. The molecule has 0 aromatic heterocycles. The van der Waals surface area contributed by atoms with Gasteiger partial charge in [0.05, 0.1) is 6.26 Å². The van der Waals surface area contributed by atoms with Crippen molar-refractivity contribution in [1.82, 2.24) is 4.72 Å². The summed E-state index contributed by atoms with van der Waals surface area (Å²) in [6, 6.07) is 0. The minimum atomic E-state index is -3.73. The highest BCUT2D eigenvalue weighted by Crippen LogP contribution is 1.90. The van der Waals surface area contributed by atoms with Crippen LogP contribution < -0.4 is 4.72 Å². The van der Waals surface area contributed by atoms with E-state index in [0.717, 1.165) is 6.26 Å². The quantitative estimate of drug-likeness (QED) is 0.329. The fraction of sp³-hybridized carbons (Fsp3) is 0.200. The van der Waals surface area contributed by atoms with Crippen molar-refractivity contribution in [1.29, 1.82) is 0 Å². The molecule has 0 atom stereocenters. The molecule has 0 saturated carbocycles. The zero-order valence-corrected chi connectivity index (χ0v) is 7.01. The Kier molecular flexibility index (Phi) is 2.97. The molecule has 0 heterocycles. The second kappa shape index (κ2) is 3.35. The van der Waals surface area contributed by atoms with Crippen molar-refractivity contribution in [2.24, 2.45) is 0 Å². The topological polar surface area (TPSA) is 101 Å². The van der Waals surface area contributed by atoms with Crippen LogP contribution >= 0.6 is 0 Å². The number of carboxylic acids is 1. The number of aliphatic carboxylic acids is 1. The van der Waals surface area contributed by atoms with Crippen molar-refractivity contribution in [2.45, 2.75) is 0 Å². The molecule has 12 heavy (non-hydrogen) atoms. The van der Waals surface area contributed by atoms with Gasteiger partial charge in [-0.3, -0.25) is 4.79 Å². The van der Waals surface area contributed by atoms with E-state index < -0.39 is 27.5 Å². The Morgan fingerprint density at radius 3 is 2.08 bits per heavy atom. The molecule has 0 unspecified atom stereocenters. The van der Waals surface area contributed by atoms with Crippen LogP contribution in [0.25, 0.3) is 0 Å². The van der Waals surface area contributed by atoms with E-state index in [1.165, 1.54) is 4.72 Å². The third-order valence-electron chi connectivity index (χ3n) is 0.810. The maximum Gasteiger partial charge on any atom is 0.340 e. The summed E-state index contributed by atoms with van der Waals surface area (Å²) in [7, 11) is -3.73. The van der Waals surface area contributed by atoms with Crippen LogP contribution in [-0.4, -0.2) is 31.7 Å². The third kappa shape index (κ3) is 3.71. The van der Waals surface area contributed by atoms with E-state index in [0.29, 0.717) is 0 Å². The number of carbonyl (C=O) groups is 2. The smallest absolute Gasteiger partial charge is 0.340 e. The lowest BCUT2D eigenvalue weighted by atomic mass is 10.3. The SMILES string of the molecule is C=C(C(=O)O)C(=O)NS(C)(=O)=O. The van der Waals surface area contributed by atoms with Crippen LogP contribution in [0.5, 0.6) is 0 Å². The number of carboxylic acid groups (broad SMARTS) is 1. The van der Waals surface area contributed by atoms with Crippen LogP contribution in [0.2, 0.25) is 0 Å². The van der Waals surface area contributed by atoms with Gasteiger partial charge in [-0.1, -0.05) is 6.58 Å². The minimum absolute atomic E-state index is 0.736. The Morgan fingerprint density at radius 2 is 1.83 bits per heavy atom. The first-order valence-electron chi connectivity index (χ1n) is 2.68. The molecule has 0 aromatic carbocycles. The molecule has 0 aliphatic rings. The zero-order valence-electron chi connectivity index (χ0n) is 6.20. The van der Waals surface area contributed by atoms with Gasteiger partial charge in [0.1, 0.15) is 5.57 Å². The average molecular weight is 193 g/mol. The highest BCUT2D eigenvalue weighted by atomic mass is 32.2. The third-order valence-corrected chi connectivity index (χ3v) is 1.37. The van der Waals surface area contributed by atoms with Gasteiger partial charge in [-0.05, 0) is 0 Å². The molecular formula is C5H7NO5S. The number of amides is 1. The van der Waals surface area contributed by atoms with E-state index in [9.17, 15) is 18.0 Å². The monoisotopic (exact) mass is 193 g/mol. The Morgan fingerprint density at radius 1 is 1.42 bits per heavy atom. The van der Waals surface area contributed by atoms with E-state index >= 15 is 0 Å². The van der Waals surface area contributed by atoms with Crippen molar-refractivity contribution >= 4 is 21.9 Å². The molecule has 2 N–H and O–H groups in total. The first kappa shape index (κ1) is 10.6. The summed E-state index contributed by atoms with van der Waals surface area (Å²) in [6.07, 6.45) is 0.736. The Balaban J connectivity index is 4.46. The zero-order chi connectivity index (χ0) is 9.94. The molecule has 0 radical (unpaired) electrons. The van der Waals surface area contributed by atoms with Crippen LogP contribution in [0.1, 0.15) is 0 Å². The maximum absolute atomic E-state index is 10.6. The molecule has 0 fully saturated rings. The van der Waals surface area contributed by atoms with Crippen LogP contribution in [0.3, 0.4) is 0 Å². The van der Waals surface area contributed by atoms with E-state index in [2.05, 4.69) is 6.58 Å². The van der Waals surface area contributed by atoms with Crippen LogP contribution in [0.4, 0.5) is 0 Å². The molecule has 68 valence electrons. The summed E-state index contributed by atoms with van der Waals surface area (Å²) in [4.78, 5) is 20.7. The van der Waals surface area contributed by atoms with Crippen LogP contribution in [0.15, 0.2) is 12.2 Å². The van der Waals surface area contributed by atoms with Gasteiger partial charge in [-0.2, -0.15) is 0 Å². The molecule has 7 heteroatoms. The summed E-state index contributed by atoms with van der Waals surface area (Å²) in [5, 5.41) is 8.19. The van der Waals surface area contributed by atoms with E-state index in [1.807, 2.05) is 0 Å². The average Bonchev–Trinajstić information content (AvgIpc) is 1.82. The predicted octanol–water partition coefficient (Wildman–Crippen LogP) is -1.30. The molecule has 0 aromatic rings. The van der Waals surface area contributed by atoms with E-state index in [1.54, 1.807) is 0 Å². The molecule has 1 amide bonds. The van der Waals surface area contributed by atoms with Gasteiger partial charge in [0.25, 0.3) is 5.91 Å². The lowest BCUT2D eigenvalue weighted by Gasteiger charge is -2.00. The van der Waals surface area contributed by atoms with Gasteiger partial charge < -0.3 is 5.11 Å². The van der Waals surface area contributed by atoms with Gasteiger partial charge in [-0.25, -0.2) is 17.9 Å². The molecule has 0 rings (SSSR count). The number of hydrogen-bond acceptors (Lipinski definition) is 4. The maximum atomic E-state index is 10.6. The predicted molar refractivity (Wildman–Crippen MR) is 39.8 cm³/mol. The van der Waals surface area contributed by atoms with Crippen molar-refractivity contribution in [3.63, 3.8) is 0 Å². The van der Waals surface area contributed by atoms with E-state index in [-0.39, 0.29) is 0 Å². The summed E-state index contributed by atoms with van der Waals surface area (Å²) in [5.41, 5.74) is -0.819. The second-order valence-corrected chi connectivity index (χ2v) is 3.74. The normalized spacial score (nSPS) is 10.4. The molecule has 6 nitrogen and oxygen atoms in total. The van der Waals surface area contributed by atoms with Crippen molar-refractivity contribution in [2.75, 3.05) is 6.26 Å². The Labute approximate surface area is 68.9 Å². The number of hydrogen-bond donors (Lipinski definition) is 2. The highest BCUT2D eigenvalue weighted by Gasteiger charge is 2.17. The summed E-state index contributed by atoms with van der Waals surface area (Å²) in [5.74, 6) is -2.79. The highest BCUT2D eigenvalue weighted by molar-refractivity contribution is 7.89. The number of rotatable bonds is 3. The van der Waals surface area contributed by atoms with Gasteiger partial charge in [0, 0.05) is 0 Å². The molecular weight excluding hydrogens is 186 g/mol. The fourth-order valence-corrected chi connectivity index (χ4v) is 0.787. The van der Waals surface area contributed by atoms with Crippen molar-refractivity contribution in [3.05, 3.63) is 12.2 Å². The first-order valence-corrected chi connectivity index (χ1v) is 4.57. The van der Waals surface area contributed by atoms with E-state index in [4.69, 9.17) is 5.11 Å². The Hall–Kier alpha value is -1.37. The first-order chi connectivity index (χ1) is 5.24. The largest absolute Gasteiger partial charge is 0.478 e. The van der Waals surface area contributed by atoms with Crippen molar-refractivity contribution in [3.8, 4) is 0 Å². The molecule has 0 aliphatic carbocycles. The minimum Gasteiger partial charge on any atom is -0.478 e. The van der Waals surface area contributed by atoms with Crippen LogP contribution in [-0.2, 0) is 19.6 Å².